The molecule has 4 heteroatoms. The summed E-state index contributed by atoms with van der Waals surface area (Å²) in [4.78, 5) is 22.3. The van der Waals surface area contributed by atoms with Crippen molar-refractivity contribution < 1.29 is 14.7 Å². The highest BCUT2D eigenvalue weighted by molar-refractivity contribution is 5.93. The molecule has 2 N–H and O–H groups in total. The highest BCUT2D eigenvalue weighted by Gasteiger charge is 2.18. The molecule has 0 radical (unpaired) electrons. The van der Waals surface area contributed by atoms with Gasteiger partial charge in [-0.25, -0.2) is 4.79 Å². The van der Waals surface area contributed by atoms with Gasteiger partial charge < -0.3 is 10.4 Å². The molecule has 1 aromatic carbocycles. The Kier molecular flexibility index (Phi) is 4.13. The summed E-state index contributed by atoms with van der Waals surface area (Å²) in [7, 11) is 0. The summed E-state index contributed by atoms with van der Waals surface area (Å²) in [5.74, 6) is -0.920. The van der Waals surface area contributed by atoms with Crippen LogP contribution in [-0.4, -0.2) is 17.0 Å². The van der Waals surface area contributed by atoms with Crippen molar-refractivity contribution in [3.8, 4) is 0 Å². The van der Waals surface area contributed by atoms with E-state index in [0.717, 1.165) is 30.2 Å². The second kappa shape index (κ2) is 6.00. The SMILES string of the molecule is O=C(O)/C=C\c1ccc(NC(=O)C2CC=CC2)cc1. The lowest BCUT2D eigenvalue weighted by Gasteiger charge is -2.10. The van der Waals surface area contributed by atoms with Crippen LogP contribution >= 0.6 is 0 Å². The van der Waals surface area contributed by atoms with Crippen LogP contribution in [-0.2, 0) is 9.59 Å². The van der Waals surface area contributed by atoms with E-state index in [-0.39, 0.29) is 11.8 Å². The normalized spacial score (nSPS) is 14.9. The molecule has 0 saturated carbocycles. The first kappa shape index (κ1) is 13.1. The first-order chi connectivity index (χ1) is 9.15. The minimum absolute atomic E-state index is 0.0267. The standard InChI is InChI=1S/C15H15NO3/c17-14(18)10-7-11-5-8-13(9-6-11)16-15(19)12-3-1-2-4-12/h1-2,5-10,12H,3-4H2,(H,16,19)(H,17,18)/b10-7-. The fourth-order valence-electron chi connectivity index (χ4n) is 1.92. The Balaban J connectivity index is 1.94. The Morgan fingerprint density at radius 1 is 1.16 bits per heavy atom. The number of nitrogens with one attached hydrogen (secondary N) is 1. The van der Waals surface area contributed by atoms with Gasteiger partial charge in [-0.2, -0.15) is 0 Å². The predicted octanol–water partition coefficient (Wildman–Crippen LogP) is 2.69. The second-order valence-corrected chi connectivity index (χ2v) is 4.42. The summed E-state index contributed by atoms with van der Waals surface area (Å²) in [5.41, 5.74) is 1.51. The summed E-state index contributed by atoms with van der Waals surface area (Å²) in [6, 6.07) is 7.06. The minimum Gasteiger partial charge on any atom is -0.478 e. The van der Waals surface area contributed by atoms with E-state index in [1.54, 1.807) is 24.3 Å². The van der Waals surface area contributed by atoms with E-state index in [2.05, 4.69) is 5.32 Å². The zero-order chi connectivity index (χ0) is 13.7. The van der Waals surface area contributed by atoms with E-state index in [4.69, 9.17) is 5.11 Å². The Hall–Kier alpha value is -2.36. The van der Waals surface area contributed by atoms with Crippen molar-refractivity contribution in [1.29, 1.82) is 0 Å². The van der Waals surface area contributed by atoms with Crippen molar-refractivity contribution in [2.24, 2.45) is 5.92 Å². The lowest BCUT2D eigenvalue weighted by atomic mass is 10.1. The van der Waals surface area contributed by atoms with Gasteiger partial charge in [0.15, 0.2) is 0 Å². The van der Waals surface area contributed by atoms with Crippen LogP contribution in [0.5, 0.6) is 0 Å². The Morgan fingerprint density at radius 3 is 2.37 bits per heavy atom. The van der Waals surface area contributed by atoms with Gasteiger partial charge in [0.05, 0.1) is 0 Å². The molecular weight excluding hydrogens is 242 g/mol. The molecule has 0 aromatic heterocycles. The van der Waals surface area contributed by atoms with Crippen LogP contribution in [0, 0.1) is 5.92 Å². The number of aliphatic carboxylic acids is 1. The highest BCUT2D eigenvalue weighted by atomic mass is 16.4. The van der Waals surface area contributed by atoms with Gasteiger partial charge in [-0.1, -0.05) is 24.3 Å². The quantitative estimate of drug-likeness (QED) is 0.643. The molecule has 0 aliphatic heterocycles. The summed E-state index contributed by atoms with van der Waals surface area (Å²) in [6.07, 6.45) is 8.22. The average Bonchev–Trinajstić information content (AvgIpc) is 2.92. The molecule has 0 fully saturated rings. The number of anilines is 1. The van der Waals surface area contributed by atoms with Gasteiger partial charge in [-0.3, -0.25) is 4.79 Å². The van der Waals surface area contributed by atoms with E-state index >= 15 is 0 Å². The average molecular weight is 257 g/mol. The van der Waals surface area contributed by atoms with Gasteiger partial charge in [-0.15, -0.1) is 0 Å². The monoisotopic (exact) mass is 257 g/mol. The number of allylic oxidation sites excluding steroid dienone is 2. The molecule has 1 aromatic rings. The maximum atomic E-state index is 11.9. The zero-order valence-electron chi connectivity index (χ0n) is 10.4. The molecule has 0 spiro atoms. The van der Waals surface area contributed by atoms with Crippen molar-refractivity contribution in [1.82, 2.24) is 0 Å². The molecule has 1 aliphatic carbocycles. The molecule has 98 valence electrons. The lowest BCUT2D eigenvalue weighted by Crippen LogP contribution is -2.20. The first-order valence-corrected chi connectivity index (χ1v) is 6.12. The van der Waals surface area contributed by atoms with Crippen LogP contribution in [0.2, 0.25) is 0 Å². The number of amides is 1. The van der Waals surface area contributed by atoms with E-state index in [0.29, 0.717) is 0 Å². The van der Waals surface area contributed by atoms with Gasteiger partial charge in [0, 0.05) is 17.7 Å². The van der Waals surface area contributed by atoms with Crippen molar-refractivity contribution in [3.63, 3.8) is 0 Å². The van der Waals surface area contributed by atoms with Crippen molar-refractivity contribution in [2.75, 3.05) is 5.32 Å². The van der Waals surface area contributed by atoms with Gasteiger partial charge in [0.25, 0.3) is 0 Å². The zero-order valence-corrected chi connectivity index (χ0v) is 10.4. The van der Waals surface area contributed by atoms with Crippen LogP contribution in [0.3, 0.4) is 0 Å². The van der Waals surface area contributed by atoms with Gasteiger partial charge in [0.1, 0.15) is 0 Å². The molecule has 0 saturated heterocycles. The molecule has 0 bridgehead atoms. The molecule has 1 amide bonds. The smallest absolute Gasteiger partial charge is 0.328 e. The molecule has 4 nitrogen and oxygen atoms in total. The fourth-order valence-corrected chi connectivity index (χ4v) is 1.92. The van der Waals surface area contributed by atoms with E-state index in [9.17, 15) is 9.59 Å². The van der Waals surface area contributed by atoms with Crippen LogP contribution < -0.4 is 5.32 Å². The first-order valence-electron chi connectivity index (χ1n) is 6.12. The third-order valence-electron chi connectivity index (χ3n) is 2.98. The topological polar surface area (TPSA) is 66.4 Å². The molecule has 19 heavy (non-hydrogen) atoms. The van der Waals surface area contributed by atoms with Crippen LogP contribution in [0.4, 0.5) is 5.69 Å². The second-order valence-electron chi connectivity index (χ2n) is 4.42. The third-order valence-corrected chi connectivity index (χ3v) is 2.98. The molecule has 0 atom stereocenters. The number of rotatable bonds is 4. The Morgan fingerprint density at radius 2 is 1.79 bits per heavy atom. The summed E-state index contributed by atoms with van der Waals surface area (Å²) < 4.78 is 0. The number of carbonyl (C=O) groups is 2. The number of benzene rings is 1. The number of carboxylic acids is 1. The number of carbonyl (C=O) groups excluding carboxylic acids is 1. The van der Waals surface area contributed by atoms with Crippen LogP contribution in [0.1, 0.15) is 18.4 Å². The maximum absolute atomic E-state index is 11.9. The minimum atomic E-state index is -0.980. The van der Waals surface area contributed by atoms with Crippen molar-refractivity contribution in [3.05, 3.63) is 48.1 Å². The molecule has 0 unspecified atom stereocenters. The van der Waals surface area contributed by atoms with Gasteiger partial charge >= 0.3 is 5.97 Å². The van der Waals surface area contributed by atoms with E-state index in [1.807, 2.05) is 12.2 Å². The third kappa shape index (κ3) is 3.81. The summed E-state index contributed by atoms with van der Waals surface area (Å²) in [6.45, 7) is 0. The van der Waals surface area contributed by atoms with Gasteiger partial charge in [0.2, 0.25) is 5.91 Å². The summed E-state index contributed by atoms with van der Waals surface area (Å²) in [5, 5.41) is 11.4. The Labute approximate surface area is 111 Å². The largest absolute Gasteiger partial charge is 0.478 e. The molecule has 0 heterocycles. The Bertz CT molecular complexity index is 521. The predicted molar refractivity (Wildman–Crippen MR) is 73.6 cm³/mol. The number of hydrogen-bond acceptors (Lipinski definition) is 2. The summed E-state index contributed by atoms with van der Waals surface area (Å²) >= 11 is 0. The van der Waals surface area contributed by atoms with E-state index < -0.39 is 5.97 Å². The highest BCUT2D eigenvalue weighted by Crippen LogP contribution is 2.20. The van der Waals surface area contributed by atoms with Crippen molar-refractivity contribution >= 4 is 23.6 Å². The fraction of sp³-hybridized carbons (Fsp3) is 0.200. The number of carboxylic acid groups (broad SMARTS) is 1. The molecular formula is C15H15NO3. The lowest BCUT2D eigenvalue weighted by molar-refractivity contribution is -0.131. The van der Waals surface area contributed by atoms with E-state index in [1.165, 1.54) is 6.08 Å². The maximum Gasteiger partial charge on any atom is 0.328 e. The van der Waals surface area contributed by atoms with Crippen LogP contribution in [0.25, 0.3) is 6.08 Å². The van der Waals surface area contributed by atoms with Gasteiger partial charge in [-0.05, 0) is 36.6 Å². The molecule has 2 rings (SSSR count). The van der Waals surface area contributed by atoms with Crippen molar-refractivity contribution in [2.45, 2.75) is 12.8 Å². The molecule has 1 aliphatic rings. The number of hydrogen-bond donors (Lipinski definition) is 2. The van der Waals surface area contributed by atoms with Crippen LogP contribution in [0.15, 0.2) is 42.5 Å².